The summed E-state index contributed by atoms with van der Waals surface area (Å²) in [5.41, 5.74) is 3.21. The molecule has 2 N–H and O–H groups in total. The van der Waals surface area contributed by atoms with Crippen LogP contribution in [0.1, 0.15) is 10.4 Å². The van der Waals surface area contributed by atoms with Crippen molar-refractivity contribution < 1.29 is 9.53 Å². The summed E-state index contributed by atoms with van der Waals surface area (Å²) in [6, 6.07) is 8.22. The lowest BCUT2D eigenvalue weighted by atomic mass is 10.1. The van der Waals surface area contributed by atoms with E-state index in [0.29, 0.717) is 18.3 Å². The molecule has 0 saturated carbocycles. The molecule has 2 rings (SSSR count). The van der Waals surface area contributed by atoms with E-state index < -0.39 is 0 Å². The quantitative estimate of drug-likeness (QED) is 0.749. The van der Waals surface area contributed by atoms with Crippen LogP contribution >= 0.6 is 23.7 Å². The van der Waals surface area contributed by atoms with E-state index in [1.807, 2.05) is 6.92 Å². The Morgan fingerprint density at radius 3 is 2.61 bits per heavy atom. The van der Waals surface area contributed by atoms with Crippen molar-refractivity contribution in [1.82, 2.24) is 10.3 Å². The Morgan fingerprint density at radius 2 is 1.96 bits per heavy atom. The number of rotatable bonds is 7. The number of hydrogen-bond acceptors (Lipinski definition) is 5. The lowest BCUT2D eigenvalue weighted by Crippen LogP contribution is -2.30. The number of nitrogens with one attached hydrogen (secondary N) is 2. The molecule has 0 unspecified atom stereocenters. The van der Waals surface area contributed by atoms with Gasteiger partial charge in [-0.05, 0) is 13.8 Å². The highest BCUT2D eigenvalue weighted by Crippen LogP contribution is 2.30. The van der Waals surface area contributed by atoms with Gasteiger partial charge in [-0.1, -0.05) is 29.8 Å². The van der Waals surface area contributed by atoms with Crippen LogP contribution in [-0.4, -0.2) is 37.7 Å². The molecule has 126 valence electrons. The van der Waals surface area contributed by atoms with Crippen molar-refractivity contribution in [3.63, 3.8) is 0 Å². The molecule has 7 heteroatoms. The van der Waals surface area contributed by atoms with Crippen molar-refractivity contribution in [3.8, 4) is 11.3 Å². The fraction of sp³-hybridized carbons (Fsp3) is 0.375. The topological polar surface area (TPSA) is 63.2 Å². The summed E-state index contributed by atoms with van der Waals surface area (Å²) in [6.45, 7) is 5.55. The Morgan fingerprint density at radius 1 is 1.26 bits per heavy atom. The van der Waals surface area contributed by atoms with Crippen molar-refractivity contribution in [3.05, 3.63) is 34.7 Å². The molecule has 1 amide bonds. The highest BCUT2D eigenvalue weighted by Gasteiger charge is 2.11. The second-order valence-corrected chi connectivity index (χ2v) is 6.21. The number of halogens is 1. The van der Waals surface area contributed by atoms with E-state index in [9.17, 15) is 4.79 Å². The van der Waals surface area contributed by atoms with E-state index >= 15 is 0 Å². The molecule has 5 nitrogen and oxygen atoms in total. The summed E-state index contributed by atoms with van der Waals surface area (Å²) < 4.78 is 4.91. The summed E-state index contributed by atoms with van der Waals surface area (Å²) >= 11 is 1.49. The molecule has 0 fully saturated rings. The largest absolute Gasteiger partial charge is 0.383 e. The standard InChI is InChI=1S/C16H21N3O2S.ClH/c1-11-4-6-13(7-5-11)15-12(2)22-16(19-15)18-14(20)10-17-8-9-21-3;/h4-7,17H,8-10H2,1-3H3,(H,18,19,20);1H. The number of hydrogen-bond donors (Lipinski definition) is 2. The van der Waals surface area contributed by atoms with E-state index in [4.69, 9.17) is 4.74 Å². The predicted octanol–water partition coefficient (Wildman–Crippen LogP) is 3.02. The number of aromatic nitrogens is 1. The van der Waals surface area contributed by atoms with Crippen LogP contribution < -0.4 is 10.6 Å². The first-order valence-corrected chi connectivity index (χ1v) is 7.96. The lowest BCUT2D eigenvalue weighted by Gasteiger charge is -2.03. The van der Waals surface area contributed by atoms with Crippen LogP contribution in [0.4, 0.5) is 5.13 Å². The Kier molecular flexibility index (Phi) is 8.19. The maximum Gasteiger partial charge on any atom is 0.240 e. The third-order valence-electron chi connectivity index (χ3n) is 3.14. The van der Waals surface area contributed by atoms with E-state index in [2.05, 4.69) is 46.8 Å². The smallest absolute Gasteiger partial charge is 0.240 e. The average Bonchev–Trinajstić information content (AvgIpc) is 2.85. The third kappa shape index (κ3) is 5.91. The molecule has 0 aliphatic carbocycles. The van der Waals surface area contributed by atoms with Gasteiger partial charge in [0.15, 0.2) is 5.13 Å². The zero-order valence-corrected chi connectivity index (χ0v) is 15.1. The van der Waals surface area contributed by atoms with Gasteiger partial charge in [-0.2, -0.15) is 0 Å². The molecule has 0 atom stereocenters. The number of anilines is 1. The van der Waals surface area contributed by atoms with Gasteiger partial charge in [0.1, 0.15) is 0 Å². The SMILES string of the molecule is COCCNCC(=O)Nc1nc(-c2ccc(C)cc2)c(C)s1.Cl. The molecule has 0 aliphatic heterocycles. The van der Waals surface area contributed by atoms with Gasteiger partial charge < -0.3 is 15.4 Å². The van der Waals surface area contributed by atoms with Gasteiger partial charge in [-0.25, -0.2) is 4.98 Å². The number of carbonyl (C=O) groups is 1. The zero-order chi connectivity index (χ0) is 15.9. The van der Waals surface area contributed by atoms with E-state index in [1.54, 1.807) is 7.11 Å². The first-order valence-electron chi connectivity index (χ1n) is 7.14. The van der Waals surface area contributed by atoms with Crippen molar-refractivity contribution in [2.75, 3.05) is 32.1 Å². The van der Waals surface area contributed by atoms with Crippen molar-refractivity contribution >= 4 is 34.8 Å². The van der Waals surface area contributed by atoms with Gasteiger partial charge in [0.25, 0.3) is 0 Å². The predicted molar refractivity (Wildman–Crippen MR) is 97.6 cm³/mol. The Hall–Kier alpha value is -1.47. The van der Waals surface area contributed by atoms with Crippen LogP contribution in [0.3, 0.4) is 0 Å². The van der Waals surface area contributed by atoms with Crippen LogP contribution in [0.2, 0.25) is 0 Å². The number of carbonyl (C=O) groups excluding carboxylic acids is 1. The van der Waals surface area contributed by atoms with Gasteiger partial charge >= 0.3 is 0 Å². The highest BCUT2D eigenvalue weighted by atomic mass is 35.5. The number of thiazole rings is 1. The normalized spacial score (nSPS) is 10.2. The molecular formula is C16H22ClN3O2S. The summed E-state index contributed by atoms with van der Waals surface area (Å²) in [5.74, 6) is -0.0969. The minimum Gasteiger partial charge on any atom is -0.383 e. The minimum atomic E-state index is -0.0969. The van der Waals surface area contributed by atoms with Crippen molar-refractivity contribution in [2.45, 2.75) is 13.8 Å². The number of benzene rings is 1. The van der Waals surface area contributed by atoms with Crippen LogP contribution in [0.25, 0.3) is 11.3 Å². The molecule has 1 aromatic carbocycles. The fourth-order valence-electron chi connectivity index (χ4n) is 1.97. The van der Waals surface area contributed by atoms with E-state index in [1.165, 1.54) is 16.9 Å². The summed E-state index contributed by atoms with van der Waals surface area (Å²) in [5, 5.41) is 6.46. The number of methoxy groups -OCH3 is 1. The second-order valence-electron chi connectivity index (χ2n) is 5.01. The van der Waals surface area contributed by atoms with Crippen LogP contribution in [0, 0.1) is 13.8 Å². The number of nitrogens with zero attached hydrogens (tertiary/aromatic N) is 1. The molecular weight excluding hydrogens is 334 g/mol. The minimum absolute atomic E-state index is 0. The molecule has 2 aromatic rings. The highest BCUT2D eigenvalue weighted by molar-refractivity contribution is 7.16. The van der Waals surface area contributed by atoms with Gasteiger partial charge in [-0.3, -0.25) is 4.79 Å². The molecule has 23 heavy (non-hydrogen) atoms. The molecule has 0 saturated heterocycles. The average molecular weight is 356 g/mol. The van der Waals surface area contributed by atoms with Gasteiger partial charge in [0.2, 0.25) is 5.91 Å². The summed E-state index contributed by atoms with van der Waals surface area (Å²) in [7, 11) is 1.63. The van der Waals surface area contributed by atoms with Gasteiger partial charge in [-0.15, -0.1) is 23.7 Å². The zero-order valence-electron chi connectivity index (χ0n) is 13.5. The van der Waals surface area contributed by atoms with E-state index in [0.717, 1.165) is 16.1 Å². The summed E-state index contributed by atoms with van der Waals surface area (Å²) in [6.07, 6.45) is 0. The van der Waals surface area contributed by atoms with Crippen molar-refractivity contribution in [2.24, 2.45) is 0 Å². The molecule has 1 aromatic heterocycles. The molecule has 0 aliphatic rings. The number of ether oxygens (including phenoxy) is 1. The maximum absolute atomic E-state index is 11.8. The van der Waals surface area contributed by atoms with Crippen molar-refractivity contribution in [1.29, 1.82) is 0 Å². The molecule has 0 bridgehead atoms. The molecule has 0 radical (unpaired) electrons. The van der Waals surface area contributed by atoms with Crippen LogP contribution in [0.15, 0.2) is 24.3 Å². The van der Waals surface area contributed by atoms with Crippen LogP contribution in [0.5, 0.6) is 0 Å². The Labute approximate surface area is 146 Å². The molecule has 0 spiro atoms. The van der Waals surface area contributed by atoms with Gasteiger partial charge in [0.05, 0.1) is 18.8 Å². The first kappa shape index (κ1) is 19.6. The first-order chi connectivity index (χ1) is 10.6. The summed E-state index contributed by atoms with van der Waals surface area (Å²) in [4.78, 5) is 17.4. The van der Waals surface area contributed by atoms with Crippen LogP contribution in [-0.2, 0) is 9.53 Å². The lowest BCUT2D eigenvalue weighted by molar-refractivity contribution is -0.115. The monoisotopic (exact) mass is 355 g/mol. The second kappa shape index (κ2) is 9.62. The molecule has 1 heterocycles. The Balaban J connectivity index is 0.00000264. The maximum atomic E-state index is 11.8. The third-order valence-corrected chi connectivity index (χ3v) is 4.02. The number of amides is 1. The Bertz CT molecular complexity index is 629. The fourth-order valence-corrected chi connectivity index (χ4v) is 2.82. The van der Waals surface area contributed by atoms with E-state index in [-0.39, 0.29) is 24.9 Å². The number of aryl methyl sites for hydroxylation is 2. The van der Waals surface area contributed by atoms with Gasteiger partial charge in [0, 0.05) is 24.1 Å².